The molecule has 76 heavy (non-hydrogen) atoms. The zero-order valence-electron chi connectivity index (χ0n) is 51.0. The molecule has 0 saturated carbocycles. The number of phosphoric ester groups is 1. The molecule has 0 aromatic carbocycles. The average Bonchev–Trinajstić information content (AvgIpc) is 3.38. The van der Waals surface area contributed by atoms with Crippen LogP contribution in [-0.2, 0) is 32.7 Å². The van der Waals surface area contributed by atoms with E-state index in [0.29, 0.717) is 23.9 Å². The zero-order chi connectivity index (χ0) is 55.6. The Bertz CT molecular complexity index is 1380. The first kappa shape index (κ1) is 74.2. The number of carbonyl (C=O) groups excluding carboxylic acids is 2. The summed E-state index contributed by atoms with van der Waals surface area (Å²) in [5, 5.41) is 0. The minimum Gasteiger partial charge on any atom is -0.462 e. The van der Waals surface area contributed by atoms with E-state index in [9.17, 15) is 19.0 Å². The van der Waals surface area contributed by atoms with Crippen LogP contribution in [-0.4, -0.2) is 74.9 Å². The van der Waals surface area contributed by atoms with Gasteiger partial charge in [0.1, 0.15) is 19.8 Å². The van der Waals surface area contributed by atoms with Crippen molar-refractivity contribution in [2.45, 2.75) is 328 Å². The number of ether oxygens (including phenoxy) is 2. The van der Waals surface area contributed by atoms with Crippen LogP contribution in [0, 0.1) is 0 Å². The summed E-state index contributed by atoms with van der Waals surface area (Å²) in [4.78, 5) is 35.7. The number of allylic oxidation sites excluding steroid dienone is 6. The molecule has 0 amide bonds. The summed E-state index contributed by atoms with van der Waals surface area (Å²) in [7, 11) is 1.48. The van der Waals surface area contributed by atoms with Crippen LogP contribution >= 0.6 is 7.82 Å². The second-order valence-electron chi connectivity index (χ2n) is 23.5. The lowest BCUT2D eigenvalue weighted by Gasteiger charge is -2.24. The summed E-state index contributed by atoms with van der Waals surface area (Å²) in [6, 6.07) is 0. The normalized spacial score (nSPS) is 13.4. The van der Waals surface area contributed by atoms with Crippen molar-refractivity contribution in [1.82, 2.24) is 0 Å². The molecule has 2 atom stereocenters. The van der Waals surface area contributed by atoms with Crippen LogP contribution in [0.2, 0.25) is 0 Å². The van der Waals surface area contributed by atoms with Gasteiger partial charge in [-0.15, -0.1) is 0 Å². The van der Waals surface area contributed by atoms with Crippen molar-refractivity contribution in [3.05, 3.63) is 36.5 Å². The highest BCUT2D eigenvalue weighted by Crippen LogP contribution is 2.43. The minimum absolute atomic E-state index is 0.0301. The molecule has 2 unspecified atom stereocenters. The van der Waals surface area contributed by atoms with Gasteiger partial charge in [-0.25, -0.2) is 4.57 Å². The maximum Gasteiger partial charge on any atom is 0.472 e. The molecule has 448 valence electrons. The molecule has 0 aliphatic carbocycles. The highest BCUT2D eigenvalue weighted by Gasteiger charge is 2.27. The molecule has 0 heterocycles. The quantitative estimate of drug-likeness (QED) is 0.0211. The van der Waals surface area contributed by atoms with Crippen molar-refractivity contribution in [1.29, 1.82) is 0 Å². The summed E-state index contributed by atoms with van der Waals surface area (Å²) in [5.41, 5.74) is 0. The third-order valence-corrected chi connectivity index (χ3v) is 15.7. The van der Waals surface area contributed by atoms with E-state index in [-0.39, 0.29) is 25.6 Å². The van der Waals surface area contributed by atoms with Crippen molar-refractivity contribution in [3.63, 3.8) is 0 Å². The fraction of sp³-hybridized carbons (Fsp3) is 0.879. The summed E-state index contributed by atoms with van der Waals surface area (Å²) in [6.45, 7) is 4.44. The van der Waals surface area contributed by atoms with Crippen LogP contribution in [0.4, 0.5) is 0 Å². The molecule has 10 heteroatoms. The molecule has 0 radical (unpaired) electrons. The van der Waals surface area contributed by atoms with E-state index in [4.69, 9.17) is 18.5 Å². The summed E-state index contributed by atoms with van der Waals surface area (Å²) < 4.78 is 34.6. The van der Waals surface area contributed by atoms with E-state index in [1.54, 1.807) is 0 Å². The predicted octanol–water partition coefficient (Wildman–Crippen LogP) is 20.7. The molecule has 9 nitrogen and oxygen atoms in total. The monoisotopic (exact) mass is 1090 g/mol. The third-order valence-electron chi connectivity index (χ3n) is 14.7. The van der Waals surface area contributed by atoms with Gasteiger partial charge in [-0.3, -0.25) is 18.6 Å². The molecule has 0 spiro atoms. The smallest absolute Gasteiger partial charge is 0.462 e. The van der Waals surface area contributed by atoms with Crippen LogP contribution in [0.25, 0.3) is 0 Å². The first-order valence-electron chi connectivity index (χ1n) is 32.7. The SMILES string of the molecule is CCCCC/C=C\C/C=C\C/C=C\CCCCCCCCC(=O)OC(COC(=O)CCCCCCCCCCCCCCCCCCCCCCCCCCCCCCCCCCC)COP(=O)(O)OCC[N+](C)(C)C. The van der Waals surface area contributed by atoms with Crippen molar-refractivity contribution in [2.75, 3.05) is 47.5 Å². The fourth-order valence-corrected chi connectivity index (χ4v) is 10.4. The average molecular weight is 1090 g/mol. The van der Waals surface area contributed by atoms with Crippen molar-refractivity contribution in [2.24, 2.45) is 0 Å². The summed E-state index contributed by atoms with van der Waals surface area (Å²) in [6.07, 6.45) is 72.5. The predicted molar refractivity (Wildman–Crippen MR) is 326 cm³/mol. The highest BCUT2D eigenvalue weighted by molar-refractivity contribution is 7.47. The van der Waals surface area contributed by atoms with Crippen LogP contribution in [0.3, 0.4) is 0 Å². The second kappa shape index (κ2) is 57.9. The number of phosphoric acid groups is 1. The molecule has 0 fully saturated rings. The first-order chi connectivity index (χ1) is 37.0. The summed E-state index contributed by atoms with van der Waals surface area (Å²) >= 11 is 0. The minimum atomic E-state index is -4.39. The van der Waals surface area contributed by atoms with E-state index < -0.39 is 26.5 Å². The number of quaternary nitrogens is 1. The summed E-state index contributed by atoms with van der Waals surface area (Å²) in [5.74, 6) is -0.797. The number of carbonyl (C=O) groups is 2. The van der Waals surface area contributed by atoms with Crippen LogP contribution in [0.1, 0.15) is 322 Å². The molecule has 1 N–H and O–H groups in total. The molecule has 0 aromatic heterocycles. The fourth-order valence-electron chi connectivity index (χ4n) is 9.61. The Labute approximate surface area is 471 Å². The van der Waals surface area contributed by atoms with E-state index in [2.05, 4.69) is 50.3 Å². The molecule has 0 aliphatic heterocycles. The molecule has 0 bridgehead atoms. The Hall–Kier alpha value is -1.77. The van der Waals surface area contributed by atoms with Gasteiger partial charge in [0.05, 0.1) is 27.7 Å². The topological polar surface area (TPSA) is 108 Å². The van der Waals surface area contributed by atoms with Gasteiger partial charge in [0.2, 0.25) is 0 Å². The number of esters is 2. The van der Waals surface area contributed by atoms with E-state index in [1.807, 2.05) is 21.1 Å². The number of hydrogen-bond acceptors (Lipinski definition) is 7. The second-order valence-corrected chi connectivity index (χ2v) is 25.0. The number of nitrogens with zero attached hydrogens (tertiary/aromatic N) is 1. The Kier molecular flexibility index (Phi) is 56.6. The Morgan fingerprint density at radius 2 is 0.711 bits per heavy atom. The highest BCUT2D eigenvalue weighted by atomic mass is 31.2. The van der Waals surface area contributed by atoms with Gasteiger partial charge in [0.25, 0.3) is 0 Å². The number of likely N-dealkylation sites (N-methyl/N-ethyl adjacent to an activating group) is 1. The maximum absolute atomic E-state index is 12.8. The van der Waals surface area contributed by atoms with Gasteiger partial charge >= 0.3 is 19.8 Å². The largest absolute Gasteiger partial charge is 0.472 e. The van der Waals surface area contributed by atoms with Crippen LogP contribution in [0.15, 0.2) is 36.5 Å². The lowest BCUT2D eigenvalue weighted by atomic mass is 10.0. The van der Waals surface area contributed by atoms with Gasteiger partial charge in [-0.2, -0.15) is 0 Å². The Morgan fingerprint density at radius 1 is 0.408 bits per heavy atom. The van der Waals surface area contributed by atoms with Crippen LogP contribution < -0.4 is 0 Å². The van der Waals surface area contributed by atoms with Crippen LogP contribution in [0.5, 0.6) is 0 Å². The standard InChI is InChI=1S/C66H126NO8P/c1-6-8-10-12-14-16-18-20-22-24-26-27-28-29-30-31-32-33-34-35-36-37-38-39-41-42-44-46-48-50-52-54-56-58-65(68)72-62-64(63-74-76(70,71)73-61-60-67(3,4)5)75-66(69)59-57-55-53-51-49-47-45-43-40-25-23-21-19-17-15-13-11-9-7-2/h15,17,21,23,40,43,64H,6-14,16,18-20,22,24-39,41-42,44-63H2,1-5H3/p+1/b17-15-,23-21-,43-40-. The Morgan fingerprint density at radius 3 is 1.08 bits per heavy atom. The number of hydrogen-bond donors (Lipinski definition) is 1. The maximum atomic E-state index is 12.8. The van der Waals surface area contributed by atoms with E-state index >= 15 is 0 Å². The van der Waals surface area contributed by atoms with Crippen molar-refractivity contribution in [3.8, 4) is 0 Å². The van der Waals surface area contributed by atoms with Crippen molar-refractivity contribution < 1.29 is 42.1 Å². The van der Waals surface area contributed by atoms with E-state index in [0.717, 1.165) is 70.6 Å². The molecule has 0 aliphatic rings. The van der Waals surface area contributed by atoms with Gasteiger partial charge in [0, 0.05) is 12.8 Å². The number of unbranched alkanes of at least 4 members (excludes halogenated alkanes) is 41. The third kappa shape index (κ3) is 61.4. The number of rotatable bonds is 61. The van der Waals surface area contributed by atoms with Gasteiger partial charge < -0.3 is 18.9 Å². The molecular formula is C66H127NO8P+. The molecular weight excluding hydrogens is 966 g/mol. The first-order valence-corrected chi connectivity index (χ1v) is 34.2. The zero-order valence-corrected chi connectivity index (χ0v) is 51.9. The molecule has 0 aromatic rings. The van der Waals surface area contributed by atoms with Gasteiger partial charge in [0.15, 0.2) is 6.10 Å². The van der Waals surface area contributed by atoms with Gasteiger partial charge in [-0.1, -0.05) is 294 Å². The van der Waals surface area contributed by atoms with Gasteiger partial charge in [-0.05, 0) is 51.4 Å². The Balaban J connectivity index is 3.99. The van der Waals surface area contributed by atoms with Crippen molar-refractivity contribution >= 4 is 19.8 Å². The van der Waals surface area contributed by atoms with E-state index in [1.165, 1.54) is 218 Å². The molecule has 0 saturated heterocycles. The molecule has 0 rings (SSSR count). The lowest BCUT2D eigenvalue weighted by Crippen LogP contribution is -2.37. The lowest BCUT2D eigenvalue weighted by molar-refractivity contribution is -0.870.